The highest BCUT2D eigenvalue weighted by Crippen LogP contribution is 2.11. The summed E-state index contributed by atoms with van der Waals surface area (Å²) < 4.78 is 4.84. The van der Waals surface area contributed by atoms with Crippen LogP contribution in [0.15, 0.2) is 24.3 Å². The van der Waals surface area contributed by atoms with Crippen LogP contribution in [0.25, 0.3) is 0 Å². The van der Waals surface area contributed by atoms with Crippen LogP contribution >= 0.6 is 0 Å². The Balaban J connectivity index is 0. The lowest BCUT2D eigenvalue weighted by atomic mass is 10.2. The highest BCUT2D eigenvalue weighted by atomic mass is 16.5. The van der Waals surface area contributed by atoms with Gasteiger partial charge in [0.1, 0.15) is 5.75 Å². The number of methoxy groups -OCH3 is 1. The molecule has 0 radical (unpaired) electrons. The van der Waals surface area contributed by atoms with Crippen LogP contribution in [0.5, 0.6) is 5.75 Å². The van der Waals surface area contributed by atoms with E-state index < -0.39 is 5.97 Å². The molecule has 1 N–H and O–H groups in total. The number of carboxylic acid groups (broad SMARTS) is 1. The van der Waals surface area contributed by atoms with Gasteiger partial charge in [-0.1, -0.05) is 33.8 Å². The zero-order valence-electron chi connectivity index (χ0n) is 10.1. The van der Waals surface area contributed by atoms with Crippen LogP contribution in [0.1, 0.15) is 38.1 Å². The maximum absolute atomic E-state index is 10.4. The van der Waals surface area contributed by atoms with Gasteiger partial charge >= 0.3 is 5.97 Å². The summed E-state index contributed by atoms with van der Waals surface area (Å²) in [6, 6.07) is 6.34. The molecule has 3 nitrogen and oxygen atoms in total. The molecule has 0 aliphatic carbocycles. The number of hydrogen-bond acceptors (Lipinski definition) is 2. The fourth-order valence-corrected chi connectivity index (χ4v) is 0.756. The SMILES string of the molecule is CC.CC.COc1cccc(C(=O)O)c1. The van der Waals surface area contributed by atoms with Crippen molar-refractivity contribution < 1.29 is 14.6 Å². The monoisotopic (exact) mass is 212 g/mol. The van der Waals surface area contributed by atoms with Crippen LogP contribution in [-0.4, -0.2) is 18.2 Å². The minimum Gasteiger partial charge on any atom is -0.497 e. The van der Waals surface area contributed by atoms with Crippen LogP contribution in [0.2, 0.25) is 0 Å². The van der Waals surface area contributed by atoms with Crippen LogP contribution in [0.4, 0.5) is 0 Å². The molecule has 0 amide bonds. The zero-order chi connectivity index (χ0) is 12.3. The normalized spacial score (nSPS) is 7.53. The first-order chi connectivity index (χ1) is 7.24. The van der Waals surface area contributed by atoms with Crippen molar-refractivity contribution in [1.29, 1.82) is 0 Å². The Morgan fingerprint density at radius 2 is 1.73 bits per heavy atom. The van der Waals surface area contributed by atoms with Crippen molar-refractivity contribution in [3.8, 4) is 5.75 Å². The lowest BCUT2D eigenvalue weighted by Crippen LogP contribution is -1.95. The van der Waals surface area contributed by atoms with E-state index in [1.54, 1.807) is 12.1 Å². The van der Waals surface area contributed by atoms with Gasteiger partial charge in [0, 0.05) is 0 Å². The van der Waals surface area contributed by atoms with Crippen molar-refractivity contribution in [1.82, 2.24) is 0 Å². The maximum atomic E-state index is 10.4. The Bertz CT molecular complexity index is 269. The first kappa shape index (κ1) is 15.9. The molecule has 15 heavy (non-hydrogen) atoms. The van der Waals surface area contributed by atoms with E-state index in [9.17, 15) is 4.79 Å². The van der Waals surface area contributed by atoms with E-state index in [4.69, 9.17) is 9.84 Å². The topological polar surface area (TPSA) is 46.5 Å². The Hall–Kier alpha value is -1.51. The molecule has 0 heterocycles. The van der Waals surface area contributed by atoms with Gasteiger partial charge in [-0.15, -0.1) is 0 Å². The van der Waals surface area contributed by atoms with Gasteiger partial charge in [-0.3, -0.25) is 0 Å². The van der Waals surface area contributed by atoms with Crippen LogP contribution in [0, 0.1) is 0 Å². The largest absolute Gasteiger partial charge is 0.497 e. The molecule has 0 aromatic heterocycles. The van der Waals surface area contributed by atoms with Gasteiger partial charge in [-0.05, 0) is 18.2 Å². The Morgan fingerprint density at radius 3 is 2.13 bits per heavy atom. The van der Waals surface area contributed by atoms with Crippen molar-refractivity contribution in [3.05, 3.63) is 29.8 Å². The predicted octanol–water partition coefficient (Wildman–Crippen LogP) is 3.45. The molecule has 1 aromatic rings. The fraction of sp³-hybridized carbons (Fsp3) is 0.417. The fourth-order valence-electron chi connectivity index (χ4n) is 0.756. The predicted molar refractivity (Wildman–Crippen MR) is 62.6 cm³/mol. The lowest BCUT2D eigenvalue weighted by molar-refractivity contribution is 0.0696. The first-order valence-corrected chi connectivity index (χ1v) is 5.11. The third-order valence-corrected chi connectivity index (χ3v) is 1.32. The second kappa shape index (κ2) is 10.6. The summed E-state index contributed by atoms with van der Waals surface area (Å²) in [5.41, 5.74) is 0.240. The summed E-state index contributed by atoms with van der Waals surface area (Å²) in [6.07, 6.45) is 0. The second-order valence-corrected chi connectivity index (χ2v) is 2.04. The van der Waals surface area contributed by atoms with Crippen LogP contribution in [-0.2, 0) is 0 Å². The lowest BCUT2D eigenvalue weighted by Gasteiger charge is -1.98. The van der Waals surface area contributed by atoms with E-state index in [-0.39, 0.29) is 5.56 Å². The molecule has 0 spiro atoms. The van der Waals surface area contributed by atoms with E-state index in [2.05, 4.69) is 0 Å². The number of aromatic carboxylic acids is 1. The highest BCUT2D eigenvalue weighted by molar-refractivity contribution is 5.87. The molecule has 0 saturated heterocycles. The average Bonchev–Trinajstić information content (AvgIpc) is 2.34. The number of rotatable bonds is 2. The van der Waals surface area contributed by atoms with E-state index in [1.807, 2.05) is 27.7 Å². The van der Waals surface area contributed by atoms with Gasteiger partial charge in [-0.25, -0.2) is 4.79 Å². The summed E-state index contributed by atoms with van der Waals surface area (Å²) in [5.74, 6) is -0.381. The summed E-state index contributed by atoms with van der Waals surface area (Å²) in [4.78, 5) is 10.4. The van der Waals surface area contributed by atoms with E-state index in [0.29, 0.717) is 5.75 Å². The quantitative estimate of drug-likeness (QED) is 0.816. The molecular weight excluding hydrogens is 192 g/mol. The van der Waals surface area contributed by atoms with Gasteiger partial charge < -0.3 is 9.84 Å². The molecular formula is C12H20O3. The molecule has 0 aliphatic rings. The average molecular weight is 212 g/mol. The number of ether oxygens (including phenoxy) is 1. The highest BCUT2D eigenvalue weighted by Gasteiger charge is 2.01. The summed E-state index contributed by atoms with van der Waals surface area (Å²) >= 11 is 0. The van der Waals surface area contributed by atoms with Gasteiger partial charge in [0.2, 0.25) is 0 Å². The number of hydrogen-bond donors (Lipinski definition) is 1. The van der Waals surface area contributed by atoms with Crippen molar-refractivity contribution >= 4 is 5.97 Å². The Kier molecular flexibility index (Phi) is 11.2. The van der Waals surface area contributed by atoms with Crippen molar-refractivity contribution in [2.45, 2.75) is 27.7 Å². The molecule has 0 bridgehead atoms. The van der Waals surface area contributed by atoms with E-state index in [1.165, 1.54) is 19.2 Å². The molecule has 0 aliphatic heterocycles. The number of benzene rings is 1. The maximum Gasteiger partial charge on any atom is 0.335 e. The number of carboxylic acids is 1. The summed E-state index contributed by atoms with van der Waals surface area (Å²) in [5, 5.41) is 8.55. The van der Waals surface area contributed by atoms with E-state index >= 15 is 0 Å². The third-order valence-electron chi connectivity index (χ3n) is 1.32. The standard InChI is InChI=1S/C8H8O3.2C2H6/c1-11-7-4-2-3-6(5-7)8(9)10;2*1-2/h2-5H,1H3,(H,9,10);2*1-2H3. The molecule has 86 valence electrons. The van der Waals surface area contributed by atoms with Crippen molar-refractivity contribution in [2.75, 3.05) is 7.11 Å². The van der Waals surface area contributed by atoms with Crippen molar-refractivity contribution in [3.63, 3.8) is 0 Å². The second-order valence-electron chi connectivity index (χ2n) is 2.04. The number of carbonyl (C=O) groups is 1. The molecule has 0 saturated carbocycles. The third kappa shape index (κ3) is 6.55. The van der Waals surface area contributed by atoms with Crippen LogP contribution < -0.4 is 4.74 Å². The smallest absolute Gasteiger partial charge is 0.335 e. The summed E-state index contributed by atoms with van der Waals surface area (Å²) in [7, 11) is 1.50. The zero-order valence-corrected chi connectivity index (χ0v) is 10.1. The molecule has 3 heteroatoms. The van der Waals surface area contributed by atoms with E-state index in [0.717, 1.165) is 0 Å². The molecule has 0 fully saturated rings. The molecule has 1 aromatic carbocycles. The molecule has 1 rings (SSSR count). The molecule has 0 atom stereocenters. The minimum atomic E-state index is -0.941. The van der Waals surface area contributed by atoms with Gasteiger partial charge in [0.15, 0.2) is 0 Å². The Labute approximate surface area is 91.7 Å². The van der Waals surface area contributed by atoms with Gasteiger partial charge in [0.25, 0.3) is 0 Å². The summed E-state index contributed by atoms with van der Waals surface area (Å²) in [6.45, 7) is 8.00. The van der Waals surface area contributed by atoms with Crippen molar-refractivity contribution in [2.24, 2.45) is 0 Å². The molecule has 0 unspecified atom stereocenters. The van der Waals surface area contributed by atoms with Gasteiger partial charge in [0.05, 0.1) is 12.7 Å². The Morgan fingerprint density at radius 1 is 1.20 bits per heavy atom. The minimum absolute atomic E-state index is 0.240. The first-order valence-electron chi connectivity index (χ1n) is 5.11. The van der Waals surface area contributed by atoms with Crippen LogP contribution in [0.3, 0.4) is 0 Å². The van der Waals surface area contributed by atoms with Gasteiger partial charge in [-0.2, -0.15) is 0 Å².